The van der Waals surface area contributed by atoms with Crippen molar-refractivity contribution in [2.45, 2.75) is 31.7 Å². The van der Waals surface area contributed by atoms with Gasteiger partial charge in [0, 0.05) is 13.0 Å². The predicted octanol–water partition coefficient (Wildman–Crippen LogP) is 0.541. The maximum absolute atomic E-state index is 5.50. The Bertz CT molecular complexity index is 275. The minimum absolute atomic E-state index is 0.482. The summed E-state index contributed by atoms with van der Waals surface area (Å²) in [5, 5.41) is 4.33. The summed E-state index contributed by atoms with van der Waals surface area (Å²) in [5.41, 5.74) is 5.50. The van der Waals surface area contributed by atoms with E-state index in [0.717, 1.165) is 11.6 Å². The lowest BCUT2D eigenvalue weighted by Crippen LogP contribution is -2.10. The highest BCUT2D eigenvalue weighted by atomic mass is 15.3. The van der Waals surface area contributed by atoms with Gasteiger partial charge in [-0.05, 0) is 12.8 Å². The van der Waals surface area contributed by atoms with Crippen LogP contribution in [0, 0.1) is 0 Å². The summed E-state index contributed by atoms with van der Waals surface area (Å²) in [7, 11) is 1.90. The Morgan fingerprint density at radius 2 is 2.33 bits per heavy atom. The zero-order valence-corrected chi connectivity index (χ0v) is 7.32. The molecule has 1 saturated carbocycles. The van der Waals surface area contributed by atoms with Crippen molar-refractivity contribution in [1.29, 1.82) is 0 Å². The second kappa shape index (κ2) is 2.86. The molecular formula is C8H14N4. The van der Waals surface area contributed by atoms with Crippen molar-refractivity contribution in [1.82, 2.24) is 14.8 Å². The zero-order chi connectivity index (χ0) is 8.55. The summed E-state index contributed by atoms with van der Waals surface area (Å²) < 4.78 is 1.79. The van der Waals surface area contributed by atoms with E-state index in [0.29, 0.717) is 12.5 Å². The molecule has 4 nitrogen and oxygen atoms in total. The summed E-state index contributed by atoms with van der Waals surface area (Å²) in [5.74, 6) is 2.48. The number of rotatable bonds is 2. The van der Waals surface area contributed by atoms with Gasteiger partial charge in [0.15, 0.2) is 5.82 Å². The van der Waals surface area contributed by atoms with Crippen molar-refractivity contribution >= 4 is 0 Å². The number of aromatic nitrogens is 3. The molecule has 66 valence electrons. The Balaban J connectivity index is 2.21. The normalized spacial score (nSPS) is 17.8. The van der Waals surface area contributed by atoms with Crippen LogP contribution in [-0.2, 0) is 13.6 Å². The minimum Gasteiger partial charge on any atom is -0.324 e. The van der Waals surface area contributed by atoms with Gasteiger partial charge in [0.05, 0.1) is 6.54 Å². The quantitative estimate of drug-likeness (QED) is 0.697. The molecule has 0 amide bonds. The number of aryl methyl sites for hydroxylation is 1. The van der Waals surface area contributed by atoms with Gasteiger partial charge in [-0.1, -0.05) is 6.42 Å². The summed E-state index contributed by atoms with van der Waals surface area (Å²) >= 11 is 0. The van der Waals surface area contributed by atoms with Crippen LogP contribution in [0.3, 0.4) is 0 Å². The van der Waals surface area contributed by atoms with E-state index in [9.17, 15) is 0 Å². The fraction of sp³-hybridized carbons (Fsp3) is 0.750. The first-order chi connectivity index (χ1) is 5.81. The first-order valence-corrected chi connectivity index (χ1v) is 4.41. The van der Waals surface area contributed by atoms with Gasteiger partial charge in [0.25, 0.3) is 0 Å². The summed E-state index contributed by atoms with van der Waals surface area (Å²) in [6.07, 6.45) is 3.81. The Hall–Kier alpha value is -0.900. The van der Waals surface area contributed by atoms with Gasteiger partial charge in [0.2, 0.25) is 0 Å². The van der Waals surface area contributed by atoms with Gasteiger partial charge < -0.3 is 5.73 Å². The lowest BCUT2D eigenvalue weighted by Gasteiger charge is -2.21. The van der Waals surface area contributed by atoms with Crippen LogP contribution in [-0.4, -0.2) is 14.8 Å². The second-order valence-corrected chi connectivity index (χ2v) is 3.34. The van der Waals surface area contributed by atoms with Gasteiger partial charge >= 0.3 is 0 Å². The van der Waals surface area contributed by atoms with Gasteiger partial charge in [0.1, 0.15) is 5.82 Å². The Morgan fingerprint density at radius 1 is 1.58 bits per heavy atom. The van der Waals surface area contributed by atoms with Gasteiger partial charge in [-0.15, -0.1) is 0 Å². The first-order valence-electron chi connectivity index (χ1n) is 4.41. The van der Waals surface area contributed by atoms with E-state index >= 15 is 0 Å². The van der Waals surface area contributed by atoms with Crippen LogP contribution in [0.15, 0.2) is 0 Å². The molecule has 0 atom stereocenters. The third-order valence-electron chi connectivity index (χ3n) is 2.52. The molecule has 12 heavy (non-hydrogen) atoms. The summed E-state index contributed by atoms with van der Waals surface area (Å²) in [6.45, 7) is 0.482. The van der Waals surface area contributed by atoms with Crippen molar-refractivity contribution in [2.75, 3.05) is 0 Å². The van der Waals surface area contributed by atoms with Crippen LogP contribution >= 0.6 is 0 Å². The number of nitrogens with two attached hydrogens (primary N) is 1. The largest absolute Gasteiger partial charge is 0.324 e. The van der Waals surface area contributed by atoms with Crippen LogP contribution in [0.25, 0.3) is 0 Å². The Kier molecular flexibility index (Phi) is 1.84. The molecule has 1 fully saturated rings. The van der Waals surface area contributed by atoms with Gasteiger partial charge in [-0.2, -0.15) is 5.10 Å². The predicted molar refractivity (Wildman–Crippen MR) is 45.5 cm³/mol. The molecule has 1 aliphatic rings. The van der Waals surface area contributed by atoms with Crippen LogP contribution in [0.2, 0.25) is 0 Å². The van der Waals surface area contributed by atoms with Crippen LogP contribution in [0.1, 0.15) is 36.8 Å². The van der Waals surface area contributed by atoms with Crippen LogP contribution in [0.5, 0.6) is 0 Å². The van der Waals surface area contributed by atoms with E-state index in [4.69, 9.17) is 5.73 Å². The lowest BCUT2D eigenvalue weighted by atomic mass is 9.85. The summed E-state index contributed by atoms with van der Waals surface area (Å²) in [4.78, 5) is 4.38. The molecule has 4 heteroatoms. The first kappa shape index (κ1) is 7.73. The standard InChI is InChI=1S/C8H14N4/c1-12-7(5-9)10-8(11-12)6-3-2-4-6/h6H,2-5,9H2,1H3. The highest BCUT2D eigenvalue weighted by Crippen LogP contribution is 2.34. The second-order valence-electron chi connectivity index (χ2n) is 3.34. The number of nitrogens with zero attached hydrogens (tertiary/aromatic N) is 3. The third kappa shape index (κ3) is 1.12. The van der Waals surface area contributed by atoms with Gasteiger partial charge in [-0.3, -0.25) is 4.68 Å². The van der Waals surface area contributed by atoms with E-state index in [1.54, 1.807) is 4.68 Å². The highest BCUT2D eigenvalue weighted by Gasteiger charge is 2.23. The van der Waals surface area contributed by atoms with Gasteiger partial charge in [-0.25, -0.2) is 4.98 Å². The molecule has 2 N–H and O–H groups in total. The van der Waals surface area contributed by atoms with Crippen molar-refractivity contribution in [3.63, 3.8) is 0 Å². The van der Waals surface area contributed by atoms with Crippen molar-refractivity contribution in [2.24, 2.45) is 12.8 Å². The fourth-order valence-electron chi connectivity index (χ4n) is 1.46. The molecule has 0 bridgehead atoms. The molecule has 1 aromatic rings. The highest BCUT2D eigenvalue weighted by molar-refractivity contribution is 5.02. The Morgan fingerprint density at radius 3 is 2.75 bits per heavy atom. The fourth-order valence-corrected chi connectivity index (χ4v) is 1.46. The molecule has 1 heterocycles. The average molecular weight is 166 g/mol. The lowest BCUT2D eigenvalue weighted by molar-refractivity contribution is 0.400. The Labute approximate surface area is 71.8 Å². The molecule has 1 aromatic heterocycles. The number of hydrogen-bond donors (Lipinski definition) is 1. The van der Waals surface area contributed by atoms with E-state index < -0.39 is 0 Å². The minimum atomic E-state index is 0.482. The maximum Gasteiger partial charge on any atom is 0.154 e. The monoisotopic (exact) mass is 166 g/mol. The van der Waals surface area contributed by atoms with Crippen molar-refractivity contribution in [3.8, 4) is 0 Å². The van der Waals surface area contributed by atoms with Crippen molar-refractivity contribution in [3.05, 3.63) is 11.6 Å². The third-order valence-corrected chi connectivity index (χ3v) is 2.52. The number of hydrogen-bond acceptors (Lipinski definition) is 3. The van der Waals surface area contributed by atoms with Crippen LogP contribution in [0.4, 0.5) is 0 Å². The average Bonchev–Trinajstić information content (AvgIpc) is 2.27. The van der Waals surface area contributed by atoms with E-state index in [-0.39, 0.29) is 0 Å². The molecule has 0 saturated heterocycles. The molecule has 0 aromatic carbocycles. The molecule has 0 aliphatic heterocycles. The van der Waals surface area contributed by atoms with E-state index in [1.165, 1.54) is 19.3 Å². The van der Waals surface area contributed by atoms with E-state index in [1.807, 2.05) is 7.05 Å². The SMILES string of the molecule is Cn1nc(C2CCC2)nc1CN. The topological polar surface area (TPSA) is 56.7 Å². The molecular weight excluding hydrogens is 152 g/mol. The maximum atomic E-state index is 5.50. The molecule has 0 unspecified atom stereocenters. The molecule has 0 radical (unpaired) electrons. The summed E-state index contributed by atoms with van der Waals surface area (Å²) in [6, 6.07) is 0. The van der Waals surface area contributed by atoms with E-state index in [2.05, 4.69) is 10.1 Å². The smallest absolute Gasteiger partial charge is 0.154 e. The molecule has 0 spiro atoms. The van der Waals surface area contributed by atoms with Crippen LogP contribution < -0.4 is 5.73 Å². The zero-order valence-electron chi connectivity index (χ0n) is 7.32. The molecule has 2 rings (SSSR count). The van der Waals surface area contributed by atoms with Crippen molar-refractivity contribution < 1.29 is 0 Å². The molecule has 1 aliphatic carbocycles.